The average molecular weight is 457 g/mol. The van der Waals surface area contributed by atoms with Crippen LogP contribution in [0.5, 0.6) is 17.2 Å². The Morgan fingerprint density at radius 1 is 1.10 bits per heavy atom. The van der Waals surface area contributed by atoms with Crippen LogP contribution in [0.3, 0.4) is 0 Å². The molecule has 0 radical (unpaired) electrons. The van der Waals surface area contributed by atoms with Crippen molar-refractivity contribution in [2.24, 2.45) is 4.99 Å². The minimum atomic E-state index is -0.175. The Bertz CT molecular complexity index is 1160. The van der Waals surface area contributed by atoms with Gasteiger partial charge in [0.25, 0.3) is 0 Å². The number of rotatable bonds is 9. The van der Waals surface area contributed by atoms with Crippen LogP contribution < -0.4 is 19.0 Å². The fourth-order valence-corrected chi connectivity index (χ4v) is 5.03. The highest BCUT2D eigenvalue weighted by atomic mass is 32.2. The average Bonchev–Trinajstić information content (AvgIpc) is 3.14. The number of carbonyl (C=O) groups excluding carboxylic acids is 1. The van der Waals surface area contributed by atoms with E-state index in [1.165, 1.54) is 11.3 Å². The van der Waals surface area contributed by atoms with Crippen molar-refractivity contribution < 1.29 is 19.0 Å². The molecule has 0 atom stereocenters. The van der Waals surface area contributed by atoms with Gasteiger partial charge in [-0.05, 0) is 48.6 Å². The van der Waals surface area contributed by atoms with Gasteiger partial charge in [0.15, 0.2) is 4.80 Å². The van der Waals surface area contributed by atoms with Gasteiger partial charge in [0.2, 0.25) is 5.91 Å². The normalized spacial score (nSPS) is 11.4. The number of amides is 1. The van der Waals surface area contributed by atoms with Gasteiger partial charge in [-0.3, -0.25) is 4.79 Å². The molecule has 162 valence electrons. The van der Waals surface area contributed by atoms with Gasteiger partial charge in [0.05, 0.1) is 27.9 Å². The van der Waals surface area contributed by atoms with E-state index in [1.54, 1.807) is 33.1 Å². The highest BCUT2D eigenvalue weighted by Gasteiger charge is 2.16. The Balaban J connectivity index is 1.75. The summed E-state index contributed by atoms with van der Waals surface area (Å²) in [6, 6.07) is 11.5. The second-order valence-corrected chi connectivity index (χ2v) is 8.60. The van der Waals surface area contributed by atoms with Crippen molar-refractivity contribution >= 4 is 39.2 Å². The molecule has 1 amide bonds. The SMILES string of the molecule is C#CCn1c(=NC(=O)CCCSc2ccc(OC)cc2)sc2c(OC)ccc(OC)c21. The maximum atomic E-state index is 12.5. The highest BCUT2D eigenvalue weighted by Crippen LogP contribution is 2.35. The van der Waals surface area contributed by atoms with Crippen LogP contribution in [0.25, 0.3) is 10.2 Å². The number of benzene rings is 2. The second-order valence-electron chi connectivity index (χ2n) is 6.46. The quantitative estimate of drug-likeness (QED) is 0.272. The van der Waals surface area contributed by atoms with E-state index in [0.29, 0.717) is 22.7 Å². The lowest BCUT2D eigenvalue weighted by Crippen LogP contribution is -2.16. The van der Waals surface area contributed by atoms with Crippen LogP contribution in [-0.2, 0) is 11.3 Å². The van der Waals surface area contributed by atoms with E-state index in [1.807, 2.05) is 41.0 Å². The number of aromatic nitrogens is 1. The maximum Gasteiger partial charge on any atom is 0.248 e. The molecular formula is C23H24N2O4S2. The predicted molar refractivity (Wildman–Crippen MR) is 125 cm³/mol. The molecule has 8 heteroatoms. The third-order valence-electron chi connectivity index (χ3n) is 4.53. The molecule has 2 aromatic carbocycles. The van der Waals surface area contributed by atoms with E-state index in [-0.39, 0.29) is 12.5 Å². The molecule has 3 rings (SSSR count). The first-order chi connectivity index (χ1) is 15.1. The van der Waals surface area contributed by atoms with Crippen molar-refractivity contribution in [3.8, 4) is 29.6 Å². The zero-order valence-electron chi connectivity index (χ0n) is 17.7. The van der Waals surface area contributed by atoms with Crippen LogP contribution in [0.15, 0.2) is 46.3 Å². The molecule has 1 heterocycles. The van der Waals surface area contributed by atoms with Gasteiger partial charge in [-0.15, -0.1) is 18.2 Å². The lowest BCUT2D eigenvalue weighted by atomic mass is 10.3. The third kappa shape index (κ3) is 5.43. The summed E-state index contributed by atoms with van der Waals surface area (Å²) < 4.78 is 18.8. The van der Waals surface area contributed by atoms with Gasteiger partial charge in [0, 0.05) is 11.3 Å². The van der Waals surface area contributed by atoms with Crippen molar-refractivity contribution in [1.29, 1.82) is 0 Å². The minimum absolute atomic E-state index is 0.175. The standard InChI is InChI=1S/C23H24N2O4S2/c1-5-14-25-21-18(28-3)12-13-19(29-4)22(21)31-23(25)24-20(26)7-6-15-30-17-10-8-16(27-2)9-11-17/h1,8-13H,6-7,14-15H2,2-4H3. The summed E-state index contributed by atoms with van der Waals surface area (Å²) in [7, 11) is 4.85. The summed E-state index contributed by atoms with van der Waals surface area (Å²) in [4.78, 5) is 18.6. The molecule has 0 bridgehead atoms. The van der Waals surface area contributed by atoms with E-state index in [4.69, 9.17) is 20.6 Å². The number of fused-ring (bicyclic) bond motifs is 1. The third-order valence-corrected chi connectivity index (χ3v) is 6.72. The monoisotopic (exact) mass is 456 g/mol. The van der Waals surface area contributed by atoms with Crippen LogP contribution in [-0.4, -0.2) is 37.6 Å². The van der Waals surface area contributed by atoms with Crippen molar-refractivity contribution in [3.63, 3.8) is 0 Å². The van der Waals surface area contributed by atoms with E-state index < -0.39 is 0 Å². The molecule has 0 aliphatic heterocycles. The predicted octanol–water partition coefficient (Wildman–Crippen LogP) is 4.36. The smallest absolute Gasteiger partial charge is 0.248 e. The summed E-state index contributed by atoms with van der Waals surface area (Å²) in [6.45, 7) is 0.281. The number of nitrogens with zero attached hydrogens (tertiary/aromatic N) is 2. The fraction of sp³-hybridized carbons (Fsp3) is 0.304. The maximum absolute atomic E-state index is 12.5. The summed E-state index contributed by atoms with van der Waals surface area (Å²) >= 11 is 3.07. The Kier molecular flexibility index (Phi) is 8.04. The van der Waals surface area contributed by atoms with Crippen molar-refractivity contribution in [2.45, 2.75) is 24.3 Å². The minimum Gasteiger partial charge on any atom is -0.497 e. The van der Waals surface area contributed by atoms with E-state index in [0.717, 1.165) is 33.0 Å². The number of thiazole rings is 1. The summed E-state index contributed by atoms with van der Waals surface area (Å²) in [5.74, 6) is 5.46. The number of methoxy groups -OCH3 is 3. The topological polar surface area (TPSA) is 62.1 Å². The number of hydrogen-bond acceptors (Lipinski definition) is 6. The van der Waals surface area contributed by atoms with Crippen LogP contribution in [0.1, 0.15) is 12.8 Å². The molecule has 0 saturated carbocycles. The Labute approximate surface area is 189 Å². The number of carbonyl (C=O) groups is 1. The number of thioether (sulfide) groups is 1. The zero-order chi connectivity index (χ0) is 22.2. The summed E-state index contributed by atoms with van der Waals surface area (Å²) in [5.41, 5.74) is 0.784. The molecule has 0 unspecified atom stereocenters. The first-order valence-electron chi connectivity index (χ1n) is 9.63. The number of ether oxygens (including phenoxy) is 3. The summed E-state index contributed by atoms with van der Waals surface area (Å²) in [5, 5.41) is 0. The van der Waals surface area contributed by atoms with Gasteiger partial charge in [-0.25, -0.2) is 0 Å². The Morgan fingerprint density at radius 3 is 2.45 bits per heavy atom. The van der Waals surface area contributed by atoms with Crippen LogP contribution in [0.2, 0.25) is 0 Å². The molecule has 0 fully saturated rings. The van der Waals surface area contributed by atoms with Gasteiger partial charge in [-0.2, -0.15) is 4.99 Å². The summed E-state index contributed by atoms with van der Waals surface area (Å²) in [6.07, 6.45) is 6.66. The lowest BCUT2D eigenvalue weighted by molar-refractivity contribution is -0.118. The molecule has 1 aromatic heterocycles. The van der Waals surface area contributed by atoms with Crippen molar-refractivity contribution in [1.82, 2.24) is 4.57 Å². The van der Waals surface area contributed by atoms with Crippen LogP contribution in [0.4, 0.5) is 0 Å². The first-order valence-corrected chi connectivity index (χ1v) is 11.4. The van der Waals surface area contributed by atoms with E-state index >= 15 is 0 Å². The van der Waals surface area contributed by atoms with E-state index in [9.17, 15) is 4.79 Å². The molecule has 3 aromatic rings. The molecule has 0 aliphatic carbocycles. The largest absolute Gasteiger partial charge is 0.497 e. The zero-order valence-corrected chi connectivity index (χ0v) is 19.3. The highest BCUT2D eigenvalue weighted by molar-refractivity contribution is 7.99. The van der Waals surface area contributed by atoms with Gasteiger partial charge in [-0.1, -0.05) is 17.3 Å². The van der Waals surface area contributed by atoms with Crippen molar-refractivity contribution in [2.75, 3.05) is 27.1 Å². The van der Waals surface area contributed by atoms with Gasteiger partial charge >= 0.3 is 0 Å². The van der Waals surface area contributed by atoms with Crippen LogP contribution in [0, 0.1) is 12.3 Å². The first kappa shape index (κ1) is 22.8. The molecule has 0 aliphatic rings. The molecule has 31 heavy (non-hydrogen) atoms. The molecule has 0 N–H and O–H groups in total. The lowest BCUT2D eigenvalue weighted by Gasteiger charge is -2.08. The van der Waals surface area contributed by atoms with Crippen LogP contribution >= 0.6 is 23.1 Å². The van der Waals surface area contributed by atoms with Gasteiger partial charge < -0.3 is 18.8 Å². The van der Waals surface area contributed by atoms with Crippen molar-refractivity contribution in [3.05, 3.63) is 41.2 Å². The number of terminal acetylenes is 1. The Hall–Kier alpha value is -2.89. The Morgan fingerprint density at radius 2 is 1.81 bits per heavy atom. The molecular weight excluding hydrogens is 432 g/mol. The molecule has 0 saturated heterocycles. The van der Waals surface area contributed by atoms with E-state index in [2.05, 4.69) is 10.9 Å². The molecule has 6 nitrogen and oxygen atoms in total. The number of hydrogen-bond donors (Lipinski definition) is 0. The molecule has 0 spiro atoms. The fourth-order valence-electron chi connectivity index (χ4n) is 3.03. The second kappa shape index (κ2) is 10.9. The van der Waals surface area contributed by atoms with Gasteiger partial charge in [0.1, 0.15) is 27.5 Å².